The Balaban J connectivity index is 2.23. The van der Waals surface area contributed by atoms with Crippen LogP contribution in [0.25, 0.3) is 0 Å². The van der Waals surface area contributed by atoms with Crippen molar-refractivity contribution >= 4 is 23.2 Å². The molecule has 6 nitrogen and oxygen atoms in total. The van der Waals surface area contributed by atoms with E-state index in [1.54, 1.807) is 0 Å². The second-order valence-electron chi connectivity index (χ2n) is 4.31. The van der Waals surface area contributed by atoms with E-state index in [0.717, 1.165) is 11.4 Å². The normalized spacial score (nSPS) is 15.7. The van der Waals surface area contributed by atoms with Gasteiger partial charge in [0.1, 0.15) is 0 Å². The first-order valence-electron chi connectivity index (χ1n) is 5.77. The molecule has 1 aromatic rings. The van der Waals surface area contributed by atoms with Gasteiger partial charge in [-0.1, -0.05) is 12.1 Å². The fourth-order valence-corrected chi connectivity index (χ4v) is 2.09. The maximum Gasteiger partial charge on any atom is 0.243 e. The quantitative estimate of drug-likeness (QED) is 0.405. The molecule has 1 aromatic carbocycles. The molecule has 96 valence electrons. The van der Waals surface area contributed by atoms with E-state index in [1.807, 2.05) is 36.1 Å². The Morgan fingerprint density at radius 1 is 1.56 bits per heavy atom. The van der Waals surface area contributed by atoms with Gasteiger partial charge in [-0.3, -0.25) is 15.0 Å². The number of para-hydroxylation sites is 2. The standard InChI is InChI=1S/C12H16N4O2/c1-8(6-11(17)15-13)16-7-12(18)14-9-4-2-3-5-10(9)16/h2-5,8H,6-7,13H2,1H3,(H,14,18)(H,15,17). The lowest BCUT2D eigenvalue weighted by Crippen LogP contribution is -2.45. The monoisotopic (exact) mass is 248 g/mol. The minimum absolute atomic E-state index is 0.0753. The third-order valence-corrected chi connectivity index (χ3v) is 2.98. The van der Waals surface area contributed by atoms with E-state index in [2.05, 4.69) is 10.7 Å². The number of nitrogens with two attached hydrogens (primary N) is 1. The summed E-state index contributed by atoms with van der Waals surface area (Å²) in [6, 6.07) is 7.43. The van der Waals surface area contributed by atoms with Crippen LogP contribution in [0.3, 0.4) is 0 Å². The van der Waals surface area contributed by atoms with E-state index in [0.29, 0.717) is 0 Å². The van der Waals surface area contributed by atoms with Gasteiger partial charge in [0.2, 0.25) is 11.8 Å². The van der Waals surface area contributed by atoms with Gasteiger partial charge in [0.05, 0.1) is 17.9 Å². The van der Waals surface area contributed by atoms with Crippen LogP contribution < -0.4 is 21.5 Å². The number of nitrogens with zero attached hydrogens (tertiary/aromatic N) is 1. The zero-order valence-electron chi connectivity index (χ0n) is 10.1. The second-order valence-corrected chi connectivity index (χ2v) is 4.31. The summed E-state index contributed by atoms with van der Waals surface area (Å²) in [7, 11) is 0. The van der Waals surface area contributed by atoms with E-state index >= 15 is 0 Å². The Bertz CT molecular complexity index is 475. The van der Waals surface area contributed by atoms with Gasteiger partial charge in [-0.05, 0) is 19.1 Å². The summed E-state index contributed by atoms with van der Waals surface area (Å²) < 4.78 is 0. The fraction of sp³-hybridized carbons (Fsp3) is 0.333. The van der Waals surface area contributed by atoms with Gasteiger partial charge >= 0.3 is 0 Å². The number of amides is 2. The summed E-state index contributed by atoms with van der Waals surface area (Å²) in [5, 5.41) is 2.81. The molecule has 2 amide bonds. The predicted octanol–water partition coefficient (Wildman–Crippen LogP) is 0.214. The number of rotatable bonds is 3. The molecule has 0 saturated heterocycles. The van der Waals surface area contributed by atoms with Gasteiger partial charge in [-0.2, -0.15) is 0 Å². The largest absolute Gasteiger partial charge is 0.357 e. The zero-order chi connectivity index (χ0) is 13.1. The summed E-state index contributed by atoms with van der Waals surface area (Å²) in [5.41, 5.74) is 3.80. The number of nitrogens with one attached hydrogen (secondary N) is 2. The number of anilines is 2. The lowest BCUT2D eigenvalue weighted by atomic mass is 10.1. The molecule has 1 atom stereocenters. The number of benzene rings is 1. The molecule has 18 heavy (non-hydrogen) atoms. The van der Waals surface area contributed by atoms with Crippen molar-refractivity contribution < 1.29 is 9.59 Å². The van der Waals surface area contributed by atoms with Gasteiger partial charge < -0.3 is 10.2 Å². The van der Waals surface area contributed by atoms with E-state index in [-0.39, 0.29) is 30.8 Å². The number of carbonyl (C=O) groups is 2. The minimum Gasteiger partial charge on any atom is -0.357 e. The smallest absolute Gasteiger partial charge is 0.243 e. The maximum atomic E-state index is 11.6. The van der Waals surface area contributed by atoms with E-state index < -0.39 is 0 Å². The highest BCUT2D eigenvalue weighted by Crippen LogP contribution is 2.30. The lowest BCUT2D eigenvalue weighted by molar-refractivity contribution is -0.121. The molecule has 1 heterocycles. The molecule has 1 aliphatic rings. The summed E-state index contributed by atoms with van der Waals surface area (Å²) in [4.78, 5) is 24.8. The Hall–Kier alpha value is -2.08. The van der Waals surface area contributed by atoms with Crippen molar-refractivity contribution in [3.8, 4) is 0 Å². The van der Waals surface area contributed by atoms with Crippen LogP contribution in [-0.2, 0) is 9.59 Å². The molecule has 0 saturated carbocycles. The summed E-state index contributed by atoms with van der Waals surface area (Å²) in [6.07, 6.45) is 0.248. The Morgan fingerprint density at radius 3 is 3.00 bits per heavy atom. The zero-order valence-corrected chi connectivity index (χ0v) is 10.1. The first kappa shape index (κ1) is 12.4. The summed E-state index contributed by atoms with van der Waals surface area (Å²) in [5.74, 6) is 4.75. The third-order valence-electron chi connectivity index (χ3n) is 2.98. The maximum absolute atomic E-state index is 11.6. The van der Waals surface area contributed by atoms with Crippen LogP contribution in [0.5, 0.6) is 0 Å². The fourth-order valence-electron chi connectivity index (χ4n) is 2.09. The molecule has 2 rings (SSSR count). The number of fused-ring (bicyclic) bond motifs is 1. The van der Waals surface area contributed by atoms with Crippen molar-refractivity contribution in [2.75, 3.05) is 16.8 Å². The average molecular weight is 248 g/mol. The molecule has 0 spiro atoms. The summed E-state index contributed by atoms with van der Waals surface area (Å²) in [6.45, 7) is 2.14. The highest BCUT2D eigenvalue weighted by atomic mass is 16.2. The van der Waals surface area contributed by atoms with Crippen LogP contribution in [0.4, 0.5) is 11.4 Å². The topological polar surface area (TPSA) is 87.5 Å². The van der Waals surface area contributed by atoms with Gasteiger partial charge in [0.15, 0.2) is 0 Å². The van der Waals surface area contributed by atoms with Crippen LogP contribution in [0.15, 0.2) is 24.3 Å². The van der Waals surface area contributed by atoms with E-state index in [9.17, 15) is 9.59 Å². The molecule has 1 unspecified atom stereocenters. The molecular formula is C12H16N4O2. The third kappa shape index (κ3) is 2.43. The Morgan fingerprint density at radius 2 is 2.28 bits per heavy atom. The van der Waals surface area contributed by atoms with Crippen LogP contribution in [0.1, 0.15) is 13.3 Å². The first-order valence-corrected chi connectivity index (χ1v) is 5.77. The molecule has 0 aliphatic carbocycles. The van der Waals surface area contributed by atoms with Crippen LogP contribution in [0, 0.1) is 0 Å². The van der Waals surface area contributed by atoms with E-state index in [4.69, 9.17) is 5.84 Å². The van der Waals surface area contributed by atoms with Crippen LogP contribution >= 0.6 is 0 Å². The highest BCUT2D eigenvalue weighted by Gasteiger charge is 2.26. The van der Waals surface area contributed by atoms with Gasteiger partial charge in [-0.15, -0.1) is 0 Å². The molecule has 1 aliphatic heterocycles. The molecule has 0 bridgehead atoms. The van der Waals surface area contributed by atoms with Gasteiger partial charge in [0.25, 0.3) is 0 Å². The molecule has 6 heteroatoms. The minimum atomic E-state index is -0.244. The molecule has 0 fully saturated rings. The lowest BCUT2D eigenvalue weighted by Gasteiger charge is -2.35. The number of hydrogen-bond acceptors (Lipinski definition) is 4. The number of hydrazine groups is 1. The van der Waals surface area contributed by atoms with Crippen molar-refractivity contribution in [2.45, 2.75) is 19.4 Å². The van der Waals surface area contributed by atoms with Gasteiger partial charge in [-0.25, -0.2) is 5.84 Å². The van der Waals surface area contributed by atoms with E-state index in [1.165, 1.54) is 0 Å². The van der Waals surface area contributed by atoms with Crippen LogP contribution in [-0.4, -0.2) is 24.4 Å². The first-order chi connectivity index (χ1) is 8.61. The molecule has 0 radical (unpaired) electrons. The van der Waals surface area contributed by atoms with Crippen molar-refractivity contribution in [3.05, 3.63) is 24.3 Å². The van der Waals surface area contributed by atoms with Crippen molar-refractivity contribution in [1.82, 2.24) is 5.43 Å². The Kier molecular flexibility index (Phi) is 3.47. The Labute approximate surface area is 105 Å². The van der Waals surface area contributed by atoms with Crippen molar-refractivity contribution in [1.29, 1.82) is 0 Å². The van der Waals surface area contributed by atoms with Crippen molar-refractivity contribution in [2.24, 2.45) is 5.84 Å². The molecule has 0 aromatic heterocycles. The average Bonchev–Trinajstić information content (AvgIpc) is 2.37. The van der Waals surface area contributed by atoms with Gasteiger partial charge in [0, 0.05) is 12.5 Å². The number of hydrogen-bond donors (Lipinski definition) is 3. The highest BCUT2D eigenvalue weighted by molar-refractivity contribution is 6.01. The molecular weight excluding hydrogens is 232 g/mol. The second kappa shape index (κ2) is 5.05. The summed E-state index contributed by atoms with van der Waals surface area (Å²) >= 11 is 0. The predicted molar refractivity (Wildman–Crippen MR) is 68.8 cm³/mol. The number of carbonyl (C=O) groups excluding carboxylic acids is 2. The van der Waals surface area contributed by atoms with Crippen LogP contribution in [0.2, 0.25) is 0 Å². The van der Waals surface area contributed by atoms with Crippen molar-refractivity contribution in [3.63, 3.8) is 0 Å². The molecule has 4 N–H and O–H groups in total. The SMILES string of the molecule is CC(CC(=O)NN)N1CC(=O)Nc2ccccc21.